The molecule has 0 saturated carbocycles. The van der Waals surface area contributed by atoms with Crippen LogP contribution >= 0.6 is 0 Å². The van der Waals surface area contributed by atoms with Crippen molar-refractivity contribution in [3.63, 3.8) is 0 Å². The third-order valence-electron chi connectivity index (χ3n) is 6.29. The molecule has 2 nitrogen and oxygen atoms in total. The van der Waals surface area contributed by atoms with Gasteiger partial charge in [0.15, 0.2) is 0 Å². The molecule has 0 unspecified atom stereocenters. The van der Waals surface area contributed by atoms with E-state index < -0.39 is 0 Å². The monoisotopic (exact) mass is 484 g/mol. The van der Waals surface area contributed by atoms with Crippen LogP contribution in [0.3, 0.4) is 0 Å². The van der Waals surface area contributed by atoms with Gasteiger partial charge < -0.3 is 17.0 Å². The Kier molecular flexibility index (Phi) is 23.1. The maximum Gasteiger partial charge on any atom is 0.243 e. The summed E-state index contributed by atoms with van der Waals surface area (Å²) in [5, 5.41) is 0. The van der Waals surface area contributed by atoms with Gasteiger partial charge in [0.25, 0.3) is 0 Å². The second-order valence-electron chi connectivity index (χ2n) is 9.25. The summed E-state index contributed by atoms with van der Waals surface area (Å²) < 4.78 is 4.77. The topological polar surface area (TPSA) is 8.81 Å². The van der Waals surface area contributed by atoms with Crippen LogP contribution in [0.2, 0.25) is 0 Å². The molecule has 178 valence electrons. The Bertz CT molecular complexity index is 444. The molecule has 0 atom stereocenters. The van der Waals surface area contributed by atoms with E-state index in [0.717, 1.165) is 0 Å². The molecule has 0 amide bonds. The molecule has 1 aromatic heterocycles. The first-order valence-corrected chi connectivity index (χ1v) is 13.4. The molecule has 0 aromatic carbocycles. The lowest BCUT2D eigenvalue weighted by molar-refractivity contribution is -0.696. The van der Waals surface area contributed by atoms with Gasteiger partial charge in [-0.3, -0.25) is 0 Å². The minimum Gasteiger partial charge on any atom is -1.00 e. The lowest BCUT2D eigenvalue weighted by Crippen LogP contribution is -3.00. The van der Waals surface area contributed by atoms with E-state index in [9.17, 15) is 0 Å². The fourth-order valence-electron chi connectivity index (χ4n) is 4.27. The molecule has 0 fully saturated rings. The van der Waals surface area contributed by atoms with Crippen molar-refractivity contribution in [3.8, 4) is 0 Å². The summed E-state index contributed by atoms with van der Waals surface area (Å²) in [4.78, 5) is 0. The summed E-state index contributed by atoms with van der Waals surface area (Å²) in [6.07, 6.45) is 35.3. The Hall–Kier alpha value is -0.310. The van der Waals surface area contributed by atoms with E-state index in [1.165, 1.54) is 142 Å². The van der Waals surface area contributed by atoms with Gasteiger partial charge in [-0.1, -0.05) is 117 Å². The Morgan fingerprint density at radius 2 is 0.933 bits per heavy atom. The van der Waals surface area contributed by atoms with E-state index in [4.69, 9.17) is 0 Å². The van der Waals surface area contributed by atoms with Gasteiger partial charge >= 0.3 is 0 Å². The Balaban J connectivity index is 0.00000841. The maximum absolute atomic E-state index is 2.39. The molecule has 1 aromatic rings. The van der Waals surface area contributed by atoms with Gasteiger partial charge in [0, 0.05) is 0 Å². The molecule has 0 aliphatic heterocycles. The van der Waals surface area contributed by atoms with E-state index in [2.05, 4.69) is 41.7 Å². The second-order valence-corrected chi connectivity index (χ2v) is 9.25. The van der Waals surface area contributed by atoms with E-state index in [-0.39, 0.29) is 17.0 Å². The van der Waals surface area contributed by atoms with Crippen LogP contribution < -0.4 is 21.5 Å². The molecule has 0 N–H and O–H groups in total. The number of halogens is 1. The molecule has 0 aliphatic rings. The van der Waals surface area contributed by atoms with E-state index in [1.54, 1.807) is 0 Å². The standard InChI is InChI=1S/C27H53N2.BrH/c1-3-5-7-9-11-12-13-14-15-16-17-18-20-22-24-29-26-25-28(27-29)23-21-19-10-8-6-4-2;/h25-27H,3-24H2,1-2H3;1H/q+1;/p-1. The average Bonchev–Trinajstić information content (AvgIpc) is 3.18. The van der Waals surface area contributed by atoms with Gasteiger partial charge in [-0.15, -0.1) is 0 Å². The van der Waals surface area contributed by atoms with Crippen molar-refractivity contribution in [2.45, 2.75) is 155 Å². The average molecular weight is 486 g/mol. The zero-order valence-corrected chi connectivity index (χ0v) is 22.1. The molecule has 0 bridgehead atoms. The number of hydrogen-bond donors (Lipinski definition) is 0. The van der Waals surface area contributed by atoms with Gasteiger partial charge in [-0.25, -0.2) is 9.13 Å². The number of aromatic nitrogens is 2. The van der Waals surface area contributed by atoms with Crippen molar-refractivity contribution in [1.82, 2.24) is 4.57 Å². The lowest BCUT2D eigenvalue weighted by Gasteiger charge is -2.03. The number of rotatable bonds is 22. The van der Waals surface area contributed by atoms with E-state index in [0.29, 0.717) is 0 Å². The van der Waals surface area contributed by atoms with E-state index >= 15 is 0 Å². The lowest BCUT2D eigenvalue weighted by atomic mass is 10.0. The van der Waals surface area contributed by atoms with Crippen molar-refractivity contribution in [3.05, 3.63) is 18.7 Å². The smallest absolute Gasteiger partial charge is 0.243 e. The van der Waals surface area contributed by atoms with Crippen LogP contribution in [0.1, 0.15) is 142 Å². The summed E-state index contributed by atoms with van der Waals surface area (Å²) in [6, 6.07) is 0. The maximum atomic E-state index is 2.39. The molecule has 3 heteroatoms. The highest BCUT2D eigenvalue weighted by molar-refractivity contribution is 4.66. The quantitative estimate of drug-likeness (QED) is 0.149. The summed E-state index contributed by atoms with van der Waals surface area (Å²) >= 11 is 0. The minimum absolute atomic E-state index is 0. The van der Waals surface area contributed by atoms with Crippen LogP contribution in [0.4, 0.5) is 0 Å². The van der Waals surface area contributed by atoms with Gasteiger partial charge in [0.2, 0.25) is 6.33 Å². The molecule has 0 spiro atoms. The summed E-state index contributed by atoms with van der Waals surface area (Å²) in [6.45, 7) is 6.98. The number of nitrogens with zero attached hydrogens (tertiary/aromatic N) is 2. The van der Waals surface area contributed by atoms with Crippen LogP contribution in [-0.2, 0) is 13.1 Å². The number of unbranched alkanes of at least 4 members (excludes halogenated alkanes) is 18. The van der Waals surface area contributed by atoms with Crippen molar-refractivity contribution >= 4 is 0 Å². The SMILES string of the molecule is CCCCCCCCCCCCCCCC[n+]1ccn(CCCCCCCC)c1.[Br-]. The van der Waals surface area contributed by atoms with Crippen LogP contribution in [-0.4, -0.2) is 4.57 Å². The van der Waals surface area contributed by atoms with Crippen LogP contribution in [0.5, 0.6) is 0 Å². The fourth-order valence-corrected chi connectivity index (χ4v) is 4.27. The van der Waals surface area contributed by atoms with Crippen molar-refractivity contribution < 1.29 is 21.5 Å². The predicted molar refractivity (Wildman–Crippen MR) is 128 cm³/mol. The molecule has 0 radical (unpaired) electrons. The third kappa shape index (κ3) is 18.5. The summed E-state index contributed by atoms with van der Waals surface area (Å²) in [5.74, 6) is 0. The number of imidazole rings is 1. The molecular weight excluding hydrogens is 432 g/mol. The van der Waals surface area contributed by atoms with Crippen molar-refractivity contribution in [1.29, 1.82) is 0 Å². The Morgan fingerprint density at radius 3 is 1.40 bits per heavy atom. The van der Waals surface area contributed by atoms with Gasteiger partial charge in [0.05, 0.1) is 13.1 Å². The molecular formula is C27H53BrN2. The first-order valence-electron chi connectivity index (χ1n) is 13.4. The largest absolute Gasteiger partial charge is 1.00 e. The van der Waals surface area contributed by atoms with Gasteiger partial charge in [-0.05, 0) is 25.7 Å². The minimum atomic E-state index is 0. The highest BCUT2D eigenvalue weighted by Crippen LogP contribution is 2.13. The second kappa shape index (κ2) is 23.4. The van der Waals surface area contributed by atoms with Crippen LogP contribution in [0.25, 0.3) is 0 Å². The van der Waals surface area contributed by atoms with Gasteiger partial charge in [0.1, 0.15) is 12.4 Å². The molecule has 30 heavy (non-hydrogen) atoms. The highest BCUT2D eigenvalue weighted by atomic mass is 79.9. The Labute approximate surface area is 200 Å². The predicted octanol–water partition coefficient (Wildman–Crippen LogP) is 5.62. The first-order chi connectivity index (χ1) is 14.4. The zero-order chi connectivity index (χ0) is 20.8. The van der Waals surface area contributed by atoms with Crippen molar-refractivity contribution in [2.75, 3.05) is 0 Å². The zero-order valence-electron chi connectivity index (χ0n) is 20.6. The third-order valence-corrected chi connectivity index (χ3v) is 6.29. The summed E-state index contributed by atoms with van der Waals surface area (Å²) in [7, 11) is 0. The first kappa shape index (κ1) is 29.7. The fraction of sp³-hybridized carbons (Fsp3) is 0.889. The summed E-state index contributed by atoms with van der Waals surface area (Å²) in [5.41, 5.74) is 0. The van der Waals surface area contributed by atoms with E-state index in [1.807, 2.05) is 0 Å². The van der Waals surface area contributed by atoms with Gasteiger partial charge in [-0.2, -0.15) is 0 Å². The van der Waals surface area contributed by atoms with Crippen molar-refractivity contribution in [2.24, 2.45) is 0 Å². The normalized spacial score (nSPS) is 11.0. The molecule has 1 heterocycles. The molecule has 1 rings (SSSR count). The number of aryl methyl sites for hydroxylation is 2. The van der Waals surface area contributed by atoms with Crippen LogP contribution in [0.15, 0.2) is 18.7 Å². The highest BCUT2D eigenvalue weighted by Gasteiger charge is 2.03. The Morgan fingerprint density at radius 1 is 0.533 bits per heavy atom. The molecule has 0 aliphatic carbocycles. The molecule has 0 saturated heterocycles. The van der Waals surface area contributed by atoms with Crippen LogP contribution in [0, 0.1) is 0 Å². The number of hydrogen-bond acceptors (Lipinski definition) is 0.